The predicted molar refractivity (Wildman–Crippen MR) is 115 cm³/mol. The van der Waals surface area contributed by atoms with Gasteiger partial charge in [0.25, 0.3) is 0 Å². The molecule has 1 N–H and O–H groups in total. The molecule has 1 amide bonds. The van der Waals surface area contributed by atoms with Gasteiger partial charge in [-0.05, 0) is 68.3 Å². The minimum absolute atomic E-state index is 0.0677. The molecule has 0 fully saturated rings. The molecular weight excluding hydrogens is 383 g/mol. The Morgan fingerprint density at radius 3 is 2.33 bits per heavy atom. The van der Waals surface area contributed by atoms with Gasteiger partial charge in [-0.25, -0.2) is 4.39 Å². The molecule has 0 aliphatic carbocycles. The van der Waals surface area contributed by atoms with Crippen molar-refractivity contribution >= 4 is 17.4 Å². The van der Waals surface area contributed by atoms with E-state index in [-0.39, 0.29) is 24.1 Å². The number of ether oxygens (including phenoxy) is 1. The van der Waals surface area contributed by atoms with E-state index in [1.807, 2.05) is 19.9 Å². The molecule has 3 aromatic rings. The molecule has 0 spiro atoms. The van der Waals surface area contributed by atoms with Gasteiger partial charge < -0.3 is 14.6 Å². The van der Waals surface area contributed by atoms with Gasteiger partial charge in [0.15, 0.2) is 6.61 Å². The Hall–Kier alpha value is -3.41. The fraction of sp³-hybridized carbons (Fsp3) is 0.250. The van der Waals surface area contributed by atoms with Crippen LogP contribution in [0, 0.1) is 19.7 Å². The molecule has 0 atom stereocenters. The van der Waals surface area contributed by atoms with Crippen molar-refractivity contribution in [3.63, 3.8) is 0 Å². The minimum Gasteiger partial charge on any atom is -0.485 e. The second-order valence-electron chi connectivity index (χ2n) is 7.23. The number of nitrogens with zero attached hydrogens (tertiary/aromatic N) is 1. The van der Waals surface area contributed by atoms with Gasteiger partial charge in [0, 0.05) is 36.1 Å². The zero-order valence-corrected chi connectivity index (χ0v) is 17.4. The van der Waals surface area contributed by atoms with Gasteiger partial charge in [-0.2, -0.15) is 0 Å². The molecule has 5 nitrogen and oxygen atoms in total. The molecule has 2 aromatic carbocycles. The number of carbonyl (C=O) groups is 2. The van der Waals surface area contributed by atoms with Crippen molar-refractivity contribution in [3.05, 3.63) is 82.9 Å². The Kier molecular flexibility index (Phi) is 6.67. The van der Waals surface area contributed by atoms with Crippen LogP contribution in [-0.4, -0.2) is 22.9 Å². The smallest absolute Gasteiger partial charge is 0.221 e. The van der Waals surface area contributed by atoms with Crippen molar-refractivity contribution in [1.82, 2.24) is 4.57 Å². The highest BCUT2D eigenvalue weighted by atomic mass is 19.1. The summed E-state index contributed by atoms with van der Waals surface area (Å²) in [5, 5.41) is 2.68. The fourth-order valence-corrected chi connectivity index (χ4v) is 3.38. The average Bonchev–Trinajstić information content (AvgIpc) is 3.00. The monoisotopic (exact) mass is 408 g/mol. The molecule has 0 unspecified atom stereocenters. The van der Waals surface area contributed by atoms with Gasteiger partial charge in [0.2, 0.25) is 11.7 Å². The van der Waals surface area contributed by atoms with Crippen LogP contribution < -0.4 is 10.1 Å². The van der Waals surface area contributed by atoms with Gasteiger partial charge in [-0.15, -0.1) is 0 Å². The highest BCUT2D eigenvalue weighted by molar-refractivity contribution is 5.98. The summed E-state index contributed by atoms with van der Waals surface area (Å²) in [5.74, 6) is 0.0722. The lowest BCUT2D eigenvalue weighted by atomic mass is 10.1. The lowest BCUT2D eigenvalue weighted by molar-refractivity contribution is -0.114. The van der Waals surface area contributed by atoms with Gasteiger partial charge in [0.05, 0.1) is 0 Å². The van der Waals surface area contributed by atoms with Crippen LogP contribution in [0.2, 0.25) is 0 Å². The van der Waals surface area contributed by atoms with Crippen LogP contribution in [0.5, 0.6) is 5.75 Å². The third-order valence-corrected chi connectivity index (χ3v) is 4.96. The van der Waals surface area contributed by atoms with Gasteiger partial charge in [-0.3, -0.25) is 9.59 Å². The quantitative estimate of drug-likeness (QED) is 0.549. The lowest BCUT2D eigenvalue weighted by Crippen LogP contribution is -2.13. The Balaban J connectivity index is 1.61. The lowest BCUT2D eigenvalue weighted by Gasteiger charge is -2.10. The number of hydrogen-bond donors (Lipinski definition) is 1. The van der Waals surface area contributed by atoms with E-state index >= 15 is 0 Å². The Labute approximate surface area is 175 Å². The first kappa shape index (κ1) is 21.3. The number of Topliss-reactive ketones (excluding diaryl/α,β-unsaturated/α-hetero) is 1. The molecule has 3 rings (SSSR count). The number of carbonyl (C=O) groups excluding carboxylic acids is 2. The zero-order chi connectivity index (χ0) is 21.7. The number of aryl methyl sites for hydroxylation is 2. The number of halogens is 1. The van der Waals surface area contributed by atoms with Crippen LogP contribution in [0.25, 0.3) is 0 Å². The number of aromatic nitrogens is 1. The number of anilines is 1. The summed E-state index contributed by atoms with van der Waals surface area (Å²) in [4.78, 5) is 23.8. The third-order valence-electron chi connectivity index (χ3n) is 4.96. The van der Waals surface area contributed by atoms with E-state index in [4.69, 9.17) is 4.74 Å². The second kappa shape index (κ2) is 9.39. The fourth-order valence-electron chi connectivity index (χ4n) is 3.38. The normalized spacial score (nSPS) is 10.7. The third kappa shape index (κ3) is 5.35. The molecule has 0 saturated carbocycles. The van der Waals surface area contributed by atoms with E-state index in [0.29, 0.717) is 23.5 Å². The van der Waals surface area contributed by atoms with Crippen molar-refractivity contribution in [2.75, 3.05) is 11.9 Å². The predicted octanol–water partition coefficient (Wildman–Crippen LogP) is 4.71. The summed E-state index contributed by atoms with van der Waals surface area (Å²) in [6.45, 7) is 5.98. The Morgan fingerprint density at radius 1 is 1.03 bits per heavy atom. The van der Waals surface area contributed by atoms with Crippen LogP contribution >= 0.6 is 0 Å². The standard InChI is InChI=1S/C24H25FN2O3/c1-16-14-23(17(2)27(16)13-12-19-4-6-20(25)7-5-19)24(29)15-30-22-10-8-21(9-11-22)26-18(3)28/h4-11,14H,12-13,15H2,1-3H3,(H,26,28). The van der Waals surface area contributed by atoms with Crippen LogP contribution in [0.3, 0.4) is 0 Å². The topological polar surface area (TPSA) is 60.3 Å². The SMILES string of the molecule is CC(=O)Nc1ccc(OCC(=O)c2cc(C)n(CCc3ccc(F)cc3)c2C)cc1. The van der Waals surface area contributed by atoms with Crippen LogP contribution in [-0.2, 0) is 17.8 Å². The van der Waals surface area contributed by atoms with E-state index < -0.39 is 0 Å². The zero-order valence-electron chi connectivity index (χ0n) is 17.4. The Bertz CT molecular complexity index is 1040. The largest absolute Gasteiger partial charge is 0.485 e. The molecule has 0 aliphatic heterocycles. The molecular formula is C24H25FN2O3. The van der Waals surface area contributed by atoms with Gasteiger partial charge in [-0.1, -0.05) is 12.1 Å². The van der Waals surface area contributed by atoms with Crippen LogP contribution in [0.1, 0.15) is 34.2 Å². The molecule has 0 bridgehead atoms. The molecule has 0 radical (unpaired) electrons. The van der Waals surface area contributed by atoms with Gasteiger partial charge in [0.1, 0.15) is 11.6 Å². The highest BCUT2D eigenvalue weighted by Crippen LogP contribution is 2.19. The molecule has 30 heavy (non-hydrogen) atoms. The molecule has 6 heteroatoms. The summed E-state index contributed by atoms with van der Waals surface area (Å²) in [6.07, 6.45) is 0.751. The minimum atomic E-state index is -0.246. The van der Waals surface area contributed by atoms with E-state index in [1.54, 1.807) is 36.4 Å². The number of benzene rings is 2. The van der Waals surface area contributed by atoms with Crippen molar-refractivity contribution in [1.29, 1.82) is 0 Å². The van der Waals surface area contributed by atoms with Crippen molar-refractivity contribution in [2.24, 2.45) is 0 Å². The number of rotatable bonds is 8. The first-order chi connectivity index (χ1) is 14.3. The van der Waals surface area contributed by atoms with Crippen LogP contribution in [0.4, 0.5) is 10.1 Å². The molecule has 0 aliphatic rings. The van der Waals surface area contributed by atoms with E-state index in [9.17, 15) is 14.0 Å². The van der Waals surface area contributed by atoms with E-state index in [1.165, 1.54) is 19.1 Å². The van der Waals surface area contributed by atoms with Gasteiger partial charge >= 0.3 is 0 Å². The number of amides is 1. The molecule has 156 valence electrons. The number of ketones is 1. The highest BCUT2D eigenvalue weighted by Gasteiger charge is 2.16. The molecule has 1 heterocycles. The number of hydrogen-bond acceptors (Lipinski definition) is 3. The van der Waals surface area contributed by atoms with Crippen molar-refractivity contribution < 1.29 is 18.7 Å². The maximum absolute atomic E-state index is 13.1. The first-order valence-corrected chi connectivity index (χ1v) is 9.78. The van der Waals surface area contributed by atoms with Crippen molar-refractivity contribution in [2.45, 2.75) is 33.7 Å². The Morgan fingerprint density at radius 2 is 1.70 bits per heavy atom. The maximum Gasteiger partial charge on any atom is 0.221 e. The summed E-state index contributed by atoms with van der Waals surface area (Å²) >= 11 is 0. The summed E-state index contributed by atoms with van der Waals surface area (Å²) in [5.41, 5.74) is 4.25. The van der Waals surface area contributed by atoms with Crippen molar-refractivity contribution in [3.8, 4) is 5.75 Å². The maximum atomic E-state index is 13.1. The summed E-state index contributed by atoms with van der Waals surface area (Å²) in [6, 6.07) is 15.2. The molecule has 1 aromatic heterocycles. The van der Waals surface area contributed by atoms with Crippen LogP contribution in [0.15, 0.2) is 54.6 Å². The average molecular weight is 408 g/mol. The van der Waals surface area contributed by atoms with E-state index in [0.717, 1.165) is 23.4 Å². The van der Waals surface area contributed by atoms with E-state index in [2.05, 4.69) is 9.88 Å². The summed E-state index contributed by atoms with van der Waals surface area (Å²) in [7, 11) is 0. The number of nitrogens with one attached hydrogen (secondary N) is 1. The molecule has 0 saturated heterocycles. The summed E-state index contributed by atoms with van der Waals surface area (Å²) < 4.78 is 20.8. The second-order valence-corrected chi connectivity index (χ2v) is 7.23. The first-order valence-electron chi connectivity index (χ1n) is 9.78.